The van der Waals surface area contributed by atoms with Crippen molar-refractivity contribution < 1.29 is 22.3 Å². The van der Waals surface area contributed by atoms with E-state index in [9.17, 15) is 13.2 Å². The third-order valence-corrected chi connectivity index (χ3v) is 1.53. The van der Waals surface area contributed by atoms with E-state index in [4.69, 9.17) is 15.4 Å². The van der Waals surface area contributed by atoms with Crippen LogP contribution >= 0.6 is 0 Å². The van der Waals surface area contributed by atoms with Crippen molar-refractivity contribution >= 4 is 5.88 Å². The molecule has 8 heteroatoms. The Morgan fingerprint density at radius 1 is 1.50 bits per heavy atom. The highest BCUT2D eigenvalue weighted by Crippen LogP contribution is 2.15. The van der Waals surface area contributed by atoms with Crippen LogP contribution < -0.4 is 5.73 Å². The summed E-state index contributed by atoms with van der Waals surface area (Å²) in [6.07, 6.45) is -4.32. The molecule has 0 spiro atoms. The Balaban J connectivity index is 2.36. The number of nitrogen functional groups attached to an aromatic ring is 1. The molecular weight excluding hydrogens is 227 g/mol. The van der Waals surface area contributed by atoms with Gasteiger partial charge in [-0.2, -0.15) is 18.4 Å². The van der Waals surface area contributed by atoms with E-state index in [0.717, 1.165) is 0 Å². The van der Waals surface area contributed by atoms with Crippen LogP contribution in [0, 0.1) is 11.3 Å². The van der Waals surface area contributed by atoms with E-state index in [2.05, 4.69) is 9.72 Å². The van der Waals surface area contributed by atoms with Crippen molar-refractivity contribution in [3.63, 3.8) is 0 Å². The molecule has 1 aromatic heterocycles. The molecule has 0 aliphatic rings. The maximum atomic E-state index is 11.7. The number of hydrogen-bond acceptors (Lipinski definition) is 5. The molecule has 2 N–H and O–H groups in total. The summed E-state index contributed by atoms with van der Waals surface area (Å²) in [6, 6.07) is 1.68. The van der Waals surface area contributed by atoms with E-state index >= 15 is 0 Å². The smallest absolute Gasteiger partial charge is 0.411 e. The fourth-order valence-electron chi connectivity index (χ4n) is 0.912. The molecule has 0 aliphatic carbocycles. The third kappa shape index (κ3) is 3.78. The number of hydrogen-bond donors (Lipinski definition) is 1. The largest absolute Gasteiger partial charge is 0.424 e. The zero-order valence-corrected chi connectivity index (χ0v) is 8.04. The maximum Gasteiger partial charge on any atom is 0.411 e. The second-order valence-corrected chi connectivity index (χ2v) is 2.85. The Labute approximate surface area is 88.6 Å². The molecule has 0 saturated carbocycles. The van der Waals surface area contributed by atoms with Gasteiger partial charge in [-0.25, -0.2) is 4.98 Å². The summed E-state index contributed by atoms with van der Waals surface area (Å²) in [6.45, 7) is -1.53. The van der Waals surface area contributed by atoms with Gasteiger partial charge in [-0.3, -0.25) is 0 Å². The molecule has 0 radical (unpaired) electrons. The topological polar surface area (TPSA) is 85.1 Å². The second-order valence-electron chi connectivity index (χ2n) is 2.85. The van der Waals surface area contributed by atoms with E-state index in [1.807, 2.05) is 0 Å². The Morgan fingerprint density at radius 3 is 2.69 bits per heavy atom. The fourth-order valence-corrected chi connectivity index (χ4v) is 0.912. The number of rotatable bonds is 4. The first-order valence-corrected chi connectivity index (χ1v) is 4.22. The average molecular weight is 235 g/mol. The minimum atomic E-state index is -4.35. The van der Waals surface area contributed by atoms with Gasteiger partial charge in [-0.1, -0.05) is 0 Å². The Bertz CT molecular complexity index is 394. The molecule has 16 heavy (non-hydrogen) atoms. The van der Waals surface area contributed by atoms with Crippen LogP contribution in [0.3, 0.4) is 0 Å². The lowest BCUT2D eigenvalue weighted by atomic mass is 10.4. The molecule has 0 atom stereocenters. The van der Waals surface area contributed by atoms with Gasteiger partial charge in [-0.05, 0) is 0 Å². The van der Waals surface area contributed by atoms with Gasteiger partial charge in [-0.15, -0.1) is 0 Å². The molecule has 0 saturated heterocycles. The Hall–Kier alpha value is -1.75. The lowest BCUT2D eigenvalue weighted by Crippen LogP contribution is -2.18. The summed E-state index contributed by atoms with van der Waals surface area (Å²) in [5, 5.41) is 8.48. The van der Waals surface area contributed by atoms with E-state index in [0.29, 0.717) is 0 Å². The van der Waals surface area contributed by atoms with E-state index in [-0.39, 0.29) is 30.5 Å². The number of halogens is 3. The lowest BCUT2D eigenvalue weighted by Gasteiger charge is -2.05. The first kappa shape index (κ1) is 12.3. The van der Waals surface area contributed by atoms with Crippen molar-refractivity contribution in [3.8, 4) is 6.07 Å². The van der Waals surface area contributed by atoms with Gasteiger partial charge in [0.1, 0.15) is 12.7 Å². The average Bonchev–Trinajstić information content (AvgIpc) is 2.52. The normalized spacial score (nSPS) is 11.4. The number of nitriles is 1. The first-order valence-electron chi connectivity index (χ1n) is 4.22. The van der Waals surface area contributed by atoms with Crippen molar-refractivity contribution in [2.24, 2.45) is 0 Å². The summed E-state index contributed by atoms with van der Waals surface area (Å²) in [4.78, 5) is 3.65. The van der Waals surface area contributed by atoms with Gasteiger partial charge in [0, 0.05) is 6.42 Å². The Morgan fingerprint density at radius 2 is 2.19 bits per heavy atom. The molecule has 0 bridgehead atoms. The molecule has 5 nitrogen and oxygen atoms in total. The molecule has 0 aromatic carbocycles. The summed E-state index contributed by atoms with van der Waals surface area (Å²) < 4.78 is 44.2. The van der Waals surface area contributed by atoms with E-state index in [1.165, 1.54) is 0 Å². The monoisotopic (exact) mass is 235 g/mol. The standard InChI is InChI=1S/C8H8F3N3O2/c9-8(10,11)4-15-2-1-6-14-5(3-12)7(13)16-6/h1-2,4,13H2. The fraction of sp³-hybridized carbons (Fsp3) is 0.500. The molecule has 1 rings (SSSR count). The van der Waals surface area contributed by atoms with Gasteiger partial charge >= 0.3 is 6.18 Å². The third-order valence-electron chi connectivity index (χ3n) is 1.53. The molecular formula is C8H8F3N3O2. The van der Waals surface area contributed by atoms with Gasteiger partial charge in [0.05, 0.1) is 6.61 Å². The van der Waals surface area contributed by atoms with Gasteiger partial charge < -0.3 is 14.9 Å². The minimum absolute atomic E-state index is 0.0297. The van der Waals surface area contributed by atoms with Crippen LogP contribution in [-0.2, 0) is 11.2 Å². The van der Waals surface area contributed by atoms with Gasteiger partial charge in [0.15, 0.2) is 0 Å². The predicted octanol–water partition coefficient (Wildman–Crippen LogP) is 1.25. The van der Waals surface area contributed by atoms with Crippen molar-refractivity contribution in [1.29, 1.82) is 5.26 Å². The van der Waals surface area contributed by atoms with Crippen molar-refractivity contribution in [1.82, 2.24) is 4.98 Å². The number of anilines is 1. The van der Waals surface area contributed by atoms with Crippen LogP contribution in [-0.4, -0.2) is 24.4 Å². The van der Waals surface area contributed by atoms with Crippen LogP contribution in [0.5, 0.6) is 0 Å². The quantitative estimate of drug-likeness (QED) is 0.794. The molecule has 0 amide bonds. The number of ether oxygens (including phenoxy) is 1. The zero-order chi connectivity index (χ0) is 12.2. The van der Waals surface area contributed by atoms with Crippen LogP contribution in [0.2, 0.25) is 0 Å². The predicted molar refractivity (Wildman–Crippen MR) is 46.2 cm³/mol. The first-order chi connectivity index (χ1) is 7.42. The maximum absolute atomic E-state index is 11.7. The molecule has 1 aromatic rings. The van der Waals surface area contributed by atoms with Crippen LogP contribution in [0.4, 0.5) is 19.1 Å². The lowest BCUT2D eigenvalue weighted by molar-refractivity contribution is -0.173. The highest BCUT2D eigenvalue weighted by atomic mass is 19.4. The van der Waals surface area contributed by atoms with Crippen LogP contribution in [0.15, 0.2) is 4.42 Å². The number of nitrogens with zero attached hydrogens (tertiary/aromatic N) is 2. The van der Waals surface area contributed by atoms with E-state index < -0.39 is 12.8 Å². The van der Waals surface area contributed by atoms with E-state index in [1.54, 1.807) is 6.07 Å². The highest BCUT2D eigenvalue weighted by molar-refractivity contribution is 5.40. The number of oxazole rings is 1. The summed E-state index contributed by atoms with van der Waals surface area (Å²) in [5.74, 6) is -0.0652. The minimum Gasteiger partial charge on any atom is -0.424 e. The number of aromatic nitrogens is 1. The van der Waals surface area contributed by atoms with Crippen LogP contribution in [0.25, 0.3) is 0 Å². The SMILES string of the molecule is N#Cc1nc(CCOCC(F)(F)F)oc1N. The molecule has 0 aliphatic heterocycles. The number of nitrogens with two attached hydrogens (primary N) is 1. The summed E-state index contributed by atoms with van der Waals surface area (Å²) in [5.41, 5.74) is 5.17. The summed E-state index contributed by atoms with van der Waals surface area (Å²) >= 11 is 0. The number of alkyl halides is 3. The second kappa shape index (κ2) is 4.85. The molecule has 0 unspecified atom stereocenters. The zero-order valence-electron chi connectivity index (χ0n) is 8.04. The van der Waals surface area contributed by atoms with Gasteiger partial charge in [0.25, 0.3) is 0 Å². The molecule has 88 valence electrons. The molecule has 1 heterocycles. The Kier molecular flexibility index (Phi) is 3.73. The highest BCUT2D eigenvalue weighted by Gasteiger charge is 2.27. The van der Waals surface area contributed by atoms with Crippen molar-refractivity contribution in [2.45, 2.75) is 12.6 Å². The molecule has 0 fully saturated rings. The van der Waals surface area contributed by atoms with Gasteiger partial charge in [0.2, 0.25) is 17.5 Å². The van der Waals surface area contributed by atoms with Crippen molar-refractivity contribution in [3.05, 3.63) is 11.6 Å². The van der Waals surface area contributed by atoms with Crippen LogP contribution in [0.1, 0.15) is 11.6 Å². The van der Waals surface area contributed by atoms with Crippen molar-refractivity contribution in [2.75, 3.05) is 18.9 Å². The summed E-state index contributed by atoms with van der Waals surface area (Å²) in [7, 11) is 0.